The van der Waals surface area contributed by atoms with E-state index in [1.54, 1.807) is 24.5 Å². The molecule has 6 heteroatoms. The molecule has 17 heavy (non-hydrogen) atoms. The van der Waals surface area contributed by atoms with Crippen molar-refractivity contribution in [2.75, 3.05) is 18.8 Å². The Balaban J connectivity index is 3.41. The number of carbonyl (C=O) groups excluding carboxylic acids is 1. The first-order chi connectivity index (χ1) is 8.01. The molecule has 1 aromatic rings. The van der Waals surface area contributed by atoms with Gasteiger partial charge < -0.3 is 0 Å². The summed E-state index contributed by atoms with van der Waals surface area (Å²) in [5.74, 6) is 0. The normalized spacial score (nSPS) is 11.6. The lowest BCUT2D eigenvalue weighted by molar-refractivity contribution is -0.111. The first-order valence-corrected chi connectivity index (χ1v) is 9.09. The van der Waals surface area contributed by atoms with Crippen molar-refractivity contribution < 1.29 is 4.79 Å². The Morgan fingerprint density at radius 2 is 1.76 bits per heavy atom. The minimum absolute atomic E-state index is 0.0710. The summed E-state index contributed by atoms with van der Waals surface area (Å²) in [6.45, 7) is 0. The molecule has 0 N–H and O–H groups in total. The highest BCUT2D eigenvalue weighted by Gasteiger charge is 2.40. The van der Waals surface area contributed by atoms with Gasteiger partial charge in [-0.25, -0.2) is 0 Å². The Labute approximate surface area is 124 Å². The molecule has 0 saturated carbocycles. The van der Waals surface area contributed by atoms with Crippen LogP contribution in [0.4, 0.5) is 0 Å². The number of hydrogen-bond acceptors (Lipinski definition) is 4. The molecule has 0 amide bonds. The lowest BCUT2D eigenvalue weighted by atomic mass is 10.1. The van der Waals surface area contributed by atoms with Gasteiger partial charge in [0.05, 0.1) is 0 Å². The van der Waals surface area contributed by atoms with Gasteiger partial charge in [0.2, 0.25) is 5.12 Å². The van der Waals surface area contributed by atoms with Crippen molar-refractivity contribution in [3.8, 4) is 0 Å². The van der Waals surface area contributed by atoms with Crippen LogP contribution in [-0.4, -0.2) is 23.9 Å². The van der Waals surface area contributed by atoms with Crippen molar-refractivity contribution in [2.24, 2.45) is 0 Å². The fraction of sp³-hybridized carbons (Fsp3) is 0.364. The third-order valence-electron chi connectivity index (χ3n) is 2.31. The van der Waals surface area contributed by atoms with Gasteiger partial charge in [0.15, 0.2) is 4.08 Å². The molecule has 1 nitrogen and oxygen atoms in total. The minimum atomic E-state index is -0.693. The van der Waals surface area contributed by atoms with Gasteiger partial charge in [-0.2, -0.15) is 0 Å². The van der Waals surface area contributed by atoms with E-state index >= 15 is 0 Å². The molecule has 1 rings (SSSR count). The smallest absolute Gasteiger partial charge is 0.219 e. The van der Waals surface area contributed by atoms with E-state index in [4.69, 9.17) is 23.2 Å². The molecule has 0 aliphatic heterocycles. The van der Waals surface area contributed by atoms with Crippen LogP contribution in [0.15, 0.2) is 18.2 Å². The first kappa shape index (κ1) is 15.6. The van der Waals surface area contributed by atoms with E-state index in [-0.39, 0.29) is 5.12 Å². The van der Waals surface area contributed by atoms with Gasteiger partial charge in [-0.1, -0.05) is 35.0 Å². The van der Waals surface area contributed by atoms with E-state index in [1.165, 1.54) is 35.3 Å². The lowest BCUT2D eigenvalue weighted by Crippen LogP contribution is -2.26. The molecule has 0 saturated heterocycles. The number of halogens is 2. The van der Waals surface area contributed by atoms with Crippen molar-refractivity contribution in [2.45, 2.75) is 4.08 Å². The predicted molar refractivity (Wildman–Crippen MR) is 83.7 cm³/mol. The van der Waals surface area contributed by atoms with E-state index in [2.05, 4.69) is 0 Å². The highest BCUT2D eigenvalue weighted by molar-refractivity contribution is 8.23. The second kappa shape index (κ2) is 6.62. The Morgan fingerprint density at radius 1 is 1.18 bits per heavy atom. The fourth-order valence-electron chi connectivity index (χ4n) is 1.46. The first-order valence-electron chi connectivity index (χ1n) is 4.66. The molecule has 0 bridgehead atoms. The maximum Gasteiger partial charge on any atom is 0.219 e. The molecule has 0 unspecified atom stereocenters. The zero-order valence-corrected chi connectivity index (χ0v) is 13.6. The van der Waals surface area contributed by atoms with Gasteiger partial charge in [0.25, 0.3) is 0 Å². The third-order valence-corrected chi connectivity index (χ3v) is 6.77. The molecule has 0 aliphatic rings. The van der Waals surface area contributed by atoms with Gasteiger partial charge in [0, 0.05) is 15.6 Å². The Kier molecular flexibility index (Phi) is 6.06. The molecule has 0 spiro atoms. The number of carbonyl (C=O) groups is 1. The van der Waals surface area contributed by atoms with Crippen LogP contribution in [-0.2, 0) is 8.87 Å². The second-order valence-corrected chi connectivity index (χ2v) is 7.06. The fourth-order valence-corrected chi connectivity index (χ4v) is 5.16. The number of thioether (sulfide) groups is 3. The van der Waals surface area contributed by atoms with Crippen molar-refractivity contribution in [1.29, 1.82) is 0 Å². The average molecular weight is 327 g/mol. The van der Waals surface area contributed by atoms with Crippen LogP contribution in [0.1, 0.15) is 5.56 Å². The molecule has 1 aromatic carbocycles. The molecule has 0 atom stereocenters. The van der Waals surface area contributed by atoms with Crippen LogP contribution in [0.5, 0.6) is 0 Å². The quantitative estimate of drug-likeness (QED) is 0.741. The summed E-state index contributed by atoms with van der Waals surface area (Å²) in [6, 6.07) is 5.22. The SMILES string of the molecule is CSC(=O)C(SC)(SC)c1cc(Cl)ccc1Cl. The van der Waals surface area contributed by atoms with Crippen LogP contribution >= 0.6 is 58.5 Å². The van der Waals surface area contributed by atoms with Crippen LogP contribution in [0.2, 0.25) is 10.0 Å². The standard InChI is InChI=1S/C11H12Cl2OS3/c1-15-10(14)11(16-2,17-3)8-6-7(12)4-5-9(8)13/h4-6H,1-3H3. The van der Waals surface area contributed by atoms with E-state index in [0.717, 1.165) is 5.56 Å². The van der Waals surface area contributed by atoms with Crippen molar-refractivity contribution >= 4 is 63.6 Å². The Morgan fingerprint density at radius 3 is 2.24 bits per heavy atom. The molecule has 0 radical (unpaired) electrons. The molecule has 0 heterocycles. The summed E-state index contributed by atoms with van der Waals surface area (Å²) >= 11 is 16.3. The summed E-state index contributed by atoms with van der Waals surface area (Å²) in [7, 11) is 0. The minimum Gasteiger partial charge on any atom is -0.284 e. The lowest BCUT2D eigenvalue weighted by Gasteiger charge is -2.29. The molecule has 0 fully saturated rings. The van der Waals surface area contributed by atoms with Gasteiger partial charge in [-0.3, -0.25) is 4.79 Å². The zero-order valence-electron chi connectivity index (χ0n) is 9.62. The van der Waals surface area contributed by atoms with Crippen molar-refractivity contribution in [1.82, 2.24) is 0 Å². The molecular weight excluding hydrogens is 315 g/mol. The van der Waals surface area contributed by atoms with Gasteiger partial charge >= 0.3 is 0 Å². The summed E-state index contributed by atoms with van der Waals surface area (Å²) in [5.41, 5.74) is 0.769. The highest BCUT2D eigenvalue weighted by atomic mass is 35.5. The average Bonchev–Trinajstić information content (AvgIpc) is 2.35. The molecule has 94 valence electrons. The molecule has 0 aliphatic carbocycles. The zero-order chi connectivity index (χ0) is 13.1. The number of hydrogen-bond donors (Lipinski definition) is 0. The monoisotopic (exact) mass is 326 g/mol. The topological polar surface area (TPSA) is 17.1 Å². The summed E-state index contributed by atoms with van der Waals surface area (Å²) in [6.07, 6.45) is 5.59. The van der Waals surface area contributed by atoms with Crippen LogP contribution in [0.25, 0.3) is 0 Å². The highest BCUT2D eigenvalue weighted by Crippen LogP contribution is 2.49. The third kappa shape index (κ3) is 3.10. The maximum atomic E-state index is 12.2. The van der Waals surface area contributed by atoms with Crippen LogP contribution in [0, 0.1) is 0 Å². The van der Waals surface area contributed by atoms with Crippen molar-refractivity contribution in [3.05, 3.63) is 33.8 Å². The second-order valence-electron chi connectivity index (χ2n) is 3.14. The number of rotatable bonds is 4. The number of benzene rings is 1. The maximum absolute atomic E-state index is 12.2. The van der Waals surface area contributed by atoms with Gasteiger partial charge in [0.1, 0.15) is 0 Å². The Bertz CT molecular complexity index is 419. The van der Waals surface area contributed by atoms with E-state index < -0.39 is 4.08 Å². The van der Waals surface area contributed by atoms with Crippen molar-refractivity contribution in [3.63, 3.8) is 0 Å². The molecular formula is C11H12Cl2OS3. The summed E-state index contributed by atoms with van der Waals surface area (Å²) in [4.78, 5) is 12.2. The van der Waals surface area contributed by atoms with Gasteiger partial charge in [-0.05, 0) is 37.0 Å². The van der Waals surface area contributed by atoms with E-state index in [1.807, 2.05) is 12.5 Å². The van der Waals surface area contributed by atoms with Crippen LogP contribution < -0.4 is 0 Å². The van der Waals surface area contributed by atoms with Gasteiger partial charge in [-0.15, -0.1) is 23.5 Å². The van der Waals surface area contributed by atoms with E-state index in [0.29, 0.717) is 10.0 Å². The summed E-state index contributed by atoms with van der Waals surface area (Å²) in [5, 5.41) is 1.23. The van der Waals surface area contributed by atoms with E-state index in [9.17, 15) is 4.79 Å². The largest absolute Gasteiger partial charge is 0.284 e. The predicted octanol–water partition coefficient (Wildman–Crippen LogP) is 4.76. The Hall–Kier alpha value is 0.520. The summed E-state index contributed by atoms with van der Waals surface area (Å²) < 4.78 is -0.693. The van der Waals surface area contributed by atoms with Crippen LogP contribution in [0.3, 0.4) is 0 Å². The molecule has 0 aromatic heterocycles.